The molecule has 1 amide bonds. The first-order chi connectivity index (χ1) is 9.01. The van der Waals surface area contributed by atoms with Crippen molar-refractivity contribution in [1.29, 1.82) is 0 Å². The summed E-state index contributed by atoms with van der Waals surface area (Å²) in [6, 6.07) is 3.90. The Morgan fingerprint density at radius 3 is 2.47 bits per heavy atom. The van der Waals surface area contributed by atoms with E-state index in [-0.39, 0.29) is 22.0 Å². The highest BCUT2D eigenvalue weighted by atomic mass is 35.5. The molecule has 0 fully saturated rings. The topological polar surface area (TPSA) is 55.4 Å². The second kappa shape index (κ2) is 7.16. The molecular formula is C13H13Cl2NO3. The minimum Gasteiger partial charge on any atom is -0.467 e. The van der Waals surface area contributed by atoms with Gasteiger partial charge >= 0.3 is 5.97 Å². The van der Waals surface area contributed by atoms with Crippen molar-refractivity contribution >= 4 is 35.1 Å². The number of amides is 1. The normalized spacial score (nSPS) is 11.5. The summed E-state index contributed by atoms with van der Waals surface area (Å²) in [6.45, 7) is 3.52. The Labute approximate surface area is 121 Å². The molecule has 0 aromatic heterocycles. The summed E-state index contributed by atoms with van der Waals surface area (Å²) in [5, 5.41) is 2.94. The zero-order valence-electron chi connectivity index (χ0n) is 10.3. The first-order valence-electron chi connectivity index (χ1n) is 5.44. The molecule has 1 unspecified atom stereocenters. The minimum absolute atomic E-state index is 0.129. The summed E-state index contributed by atoms with van der Waals surface area (Å²) in [6.07, 6.45) is 1.76. The lowest BCUT2D eigenvalue weighted by Gasteiger charge is -2.15. The van der Waals surface area contributed by atoms with Crippen LogP contribution in [-0.2, 0) is 9.53 Å². The summed E-state index contributed by atoms with van der Waals surface area (Å²) in [7, 11) is 1.24. The number of methoxy groups -OCH3 is 1. The van der Waals surface area contributed by atoms with Crippen LogP contribution in [0.25, 0.3) is 0 Å². The van der Waals surface area contributed by atoms with Gasteiger partial charge in [-0.15, -0.1) is 6.58 Å². The number of carbonyl (C=O) groups is 2. The van der Waals surface area contributed by atoms with Gasteiger partial charge in [0.05, 0.1) is 22.7 Å². The van der Waals surface area contributed by atoms with E-state index in [0.717, 1.165) is 0 Å². The molecule has 0 aliphatic carbocycles. The van der Waals surface area contributed by atoms with Gasteiger partial charge in [-0.05, 0) is 18.6 Å². The maximum Gasteiger partial charge on any atom is 0.328 e. The van der Waals surface area contributed by atoms with Crippen LogP contribution in [0.5, 0.6) is 0 Å². The summed E-state index contributed by atoms with van der Waals surface area (Å²) < 4.78 is 4.59. The van der Waals surface area contributed by atoms with E-state index in [1.165, 1.54) is 13.2 Å². The molecule has 1 aromatic rings. The molecule has 6 heteroatoms. The van der Waals surface area contributed by atoms with Crippen LogP contribution in [-0.4, -0.2) is 25.0 Å². The summed E-state index contributed by atoms with van der Waals surface area (Å²) in [4.78, 5) is 23.6. The van der Waals surface area contributed by atoms with E-state index in [0.29, 0.717) is 0 Å². The molecule has 0 radical (unpaired) electrons. The number of benzene rings is 1. The van der Waals surface area contributed by atoms with Crippen LogP contribution in [0.2, 0.25) is 10.0 Å². The van der Waals surface area contributed by atoms with Crippen molar-refractivity contribution in [3.8, 4) is 0 Å². The maximum absolute atomic E-state index is 12.1. The van der Waals surface area contributed by atoms with Crippen LogP contribution in [0.15, 0.2) is 30.9 Å². The quantitative estimate of drug-likeness (QED) is 0.672. The third-order valence-electron chi connectivity index (χ3n) is 2.38. The lowest BCUT2D eigenvalue weighted by atomic mass is 10.1. The lowest BCUT2D eigenvalue weighted by molar-refractivity contribution is -0.142. The molecule has 4 nitrogen and oxygen atoms in total. The fourth-order valence-electron chi connectivity index (χ4n) is 1.47. The smallest absolute Gasteiger partial charge is 0.328 e. The molecule has 0 saturated carbocycles. The van der Waals surface area contributed by atoms with Crippen LogP contribution >= 0.6 is 23.2 Å². The second-order valence-corrected chi connectivity index (χ2v) is 4.48. The van der Waals surface area contributed by atoms with Gasteiger partial charge in [0.2, 0.25) is 0 Å². The Kier molecular flexibility index (Phi) is 5.86. The molecule has 0 bridgehead atoms. The Bertz CT molecular complexity index is 482. The first kappa shape index (κ1) is 15.5. The number of rotatable bonds is 5. The number of halogens is 2. The molecule has 102 valence electrons. The zero-order valence-corrected chi connectivity index (χ0v) is 11.8. The maximum atomic E-state index is 12.1. The molecule has 19 heavy (non-hydrogen) atoms. The van der Waals surface area contributed by atoms with Crippen LogP contribution < -0.4 is 5.32 Å². The van der Waals surface area contributed by atoms with Gasteiger partial charge in [-0.25, -0.2) is 4.79 Å². The third-order valence-corrected chi connectivity index (χ3v) is 3.01. The first-order valence-corrected chi connectivity index (χ1v) is 6.20. The highest BCUT2D eigenvalue weighted by Gasteiger charge is 2.23. The molecule has 0 spiro atoms. The van der Waals surface area contributed by atoms with E-state index in [1.807, 2.05) is 0 Å². The summed E-state index contributed by atoms with van der Waals surface area (Å²) >= 11 is 11.8. The third kappa shape index (κ3) is 3.98. The van der Waals surface area contributed by atoms with Crippen molar-refractivity contribution in [2.75, 3.05) is 7.11 Å². The Morgan fingerprint density at radius 1 is 1.42 bits per heavy atom. The van der Waals surface area contributed by atoms with Gasteiger partial charge in [0.1, 0.15) is 6.04 Å². The Balaban J connectivity index is 2.94. The van der Waals surface area contributed by atoms with E-state index in [2.05, 4.69) is 16.6 Å². The van der Waals surface area contributed by atoms with E-state index < -0.39 is 17.9 Å². The number of hydrogen-bond donors (Lipinski definition) is 1. The number of hydrogen-bond acceptors (Lipinski definition) is 3. The molecule has 1 N–H and O–H groups in total. The predicted octanol–water partition coefficient (Wildman–Crippen LogP) is 2.84. The van der Waals surface area contributed by atoms with Gasteiger partial charge in [-0.1, -0.05) is 35.3 Å². The van der Waals surface area contributed by atoms with Crippen LogP contribution in [0.1, 0.15) is 16.8 Å². The summed E-state index contributed by atoms with van der Waals surface area (Å²) in [5.41, 5.74) is 0.129. The number of esters is 1. The van der Waals surface area contributed by atoms with Gasteiger partial charge in [0.15, 0.2) is 0 Å². The average molecular weight is 302 g/mol. The molecule has 0 aliphatic rings. The van der Waals surface area contributed by atoms with Crippen molar-refractivity contribution in [3.05, 3.63) is 46.5 Å². The van der Waals surface area contributed by atoms with Crippen molar-refractivity contribution in [2.45, 2.75) is 12.5 Å². The van der Waals surface area contributed by atoms with Crippen molar-refractivity contribution < 1.29 is 14.3 Å². The van der Waals surface area contributed by atoms with E-state index in [9.17, 15) is 9.59 Å². The molecule has 1 atom stereocenters. The average Bonchev–Trinajstić information content (AvgIpc) is 2.37. The summed E-state index contributed by atoms with van der Waals surface area (Å²) in [5.74, 6) is -1.09. The Morgan fingerprint density at radius 2 is 2.00 bits per heavy atom. The number of ether oxygens (including phenoxy) is 1. The minimum atomic E-state index is -0.817. The van der Waals surface area contributed by atoms with Crippen molar-refractivity contribution in [2.24, 2.45) is 0 Å². The van der Waals surface area contributed by atoms with Gasteiger partial charge < -0.3 is 10.1 Å². The number of carbonyl (C=O) groups excluding carboxylic acids is 2. The van der Waals surface area contributed by atoms with Crippen LogP contribution in [0, 0.1) is 0 Å². The van der Waals surface area contributed by atoms with E-state index >= 15 is 0 Å². The largest absolute Gasteiger partial charge is 0.467 e. The molecule has 0 heterocycles. The SMILES string of the molecule is C=CCC(NC(=O)c1c(Cl)cccc1Cl)C(=O)OC. The lowest BCUT2D eigenvalue weighted by Crippen LogP contribution is -2.41. The fraction of sp³-hybridized carbons (Fsp3) is 0.231. The monoisotopic (exact) mass is 301 g/mol. The highest BCUT2D eigenvalue weighted by molar-refractivity contribution is 6.39. The van der Waals surface area contributed by atoms with E-state index in [4.69, 9.17) is 23.2 Å². The molecular weight excluding hydrogens is 289 g/mol. The predicted molar refractivity (Wildman–Crippen MR) is 74.5 cm³/mol. The van der Waals surface area contributed by atoms with E-state index in [1.54, 1.807) is 18.2 Å². The second-order valence-electron chi connectivity index (χ2n) is 3.67. The van der Waals surface area contributed by atoms with Gasteiger partial charge in [0.25, 0.3) is 5.91 Å². The molecule has 1 aromatic carbocycles. The molecule has 0 aliphatic heterocycles. The molecule has 0 saturated heterocycles. The van der Waals surface area contributed by atoms with Crippen LogP contribution in [0.4, 0.5) is 0 Å². The van der Waals surface area contributed by atoms with Gasteiger partial charge in [0, 0.05) is 0 Å². The van der Waals surface area contributed by atoms with Gasteiger partial charge in [-0.2, -0.15) is 0 Å². The highest BCUT2D eigenvalue weighted by Crippen LogP contribution is 2.24. The molecule has 1 rings (SSSR count). The van der Waals surface area contributed by atoms with Gasteiger partial charge in [-0.3, -0.25) is 4.79 Å². The zero-order chi connectivity index (χ0) is 14.4. The fourth-order valence-corrected chi connectivity index (χ4v) is 2.04. The van der Waals surface area contributed by atoms with Crippen LogP contribution in [0.3, 0.4) is 0 Å². The Hall–Kier alpha value is -1.52. The van der Waals surface area contributed by atoms with Crippen molar-refractivity contribution in [3.63, 3.8) is 0 Å². The van der Waals surface area contributed by atoms with Crippen molar-refractivity contribution in [1.82, 2.24) is 5.32 Å². The number of nitrogens with one attached hydrogen (secondary N) is 1. The standard InChI is InChI=1S/C13H13Cl2NO3/c1-3-5-10(13(18)19-2)16-12(17)11-8(14)6-4-7-9(11)15/h3-4,6-7,10H,1,5H2,2H3,(H,16,17).